The van der Waals surface area contributed by atoms with Crippen LogP contribution in [0.4, 0.5) is 0 Å². The first kappa shape index (κ1) is 14.8. The van der Waals surface area contributed by atoms with E-state index in [9.17, 15) is 4.79 Å². The number of hydrogen-bond donors (Lipinski definition) is 1. The highest BCUT2D eigenvalue weighted by atomic mass is 16.5. The Morgan fingerprint density at radius 1 is 1.32 bits per heavy atom. The fraction of sp³-hybridized carbons (Fsp3) is 0.933. The predicted octanol–water partition coefficient (Wildman–Crippen LogP) is 1.65. The van der Waals surface area contributed by atoms with Crippen molar-refractivity contribution >= 4 is 5.91 Å². The molecule has 4 heteroatoms. The molecule has 4 nitrogen and oxygen atoms in total. The zero-order chi connectivity index (χ0) is 14.0. The van der Waals surface area contributed by atoms with Crippen LogP contribution in [0.25, 0.3) is 0 Å². The van der Waals surface area contributed by atoms with E-state index in [0.717, 1.165) is 32.5 Å². The molecule has 0 aromatic heterocycles. The molecule has 2 aliphatic rings. The van der Waals surface area contributed by atoms with Gasteiger partial charge in [0.1, 0.15) is 0 Å². The predicted molar refractivity (Wildman–Crippen MR) is 75.9 cm³/mol. The minimum Gasteiger partial charge on any atom is -0.374 e. The molecule has 2 rings (SSSR count). The van der Waals surface area contributed by atoms with E-state index >= 15 is 0 Å². The molecule has 2 fully saturated rings. The summed E-state index contributed by atoms with van der Waals surface area (Å²) in [6.45, 7) is 11.3. The van der Waals surface area contributed by atoms with Gasteiger partial charge in [0.25, 0.3) is 0 Å². The van der Waals surface area contributed by atoms with Gasteiger partial charge in [-0.2, -0.15) is 0 Å². The lowest BCUT2D eigenvalue weighted by Crippen LogP contribution is -2.47. The van der Waals surface area contributed by atoms with Gasteiger partial charge in [0.05, 0.1) is 18.1 Å². The maximum absolute atomic E-state index is 12.9. The normalized spacial score (nSPS) is 38.6. The van der Waals surface area contributed by atoms with Gasteiger partial charge in [-0.25, -0.2) is 0 Å². The van der Waals surface area contributed by atoms with Crippen LogP contribution in [0.3, 0.4) is 0 Å². The van der Waals surface area contributed by atoms with E-state index < -0.39 is 0 Å². The molecule has 1 amide bonds. The summed E-state index contributed by atoms with van der Waals surface area (Å²) in [4.78, 5) is 15.0. The molecule has 0 spiro atoms. The number of ether oxygens (including phenoxy) is 1. The Bertz CT molecular complexity index is 315. The zero-order valence-electron chi connectivity index (χ0n) is 12.7. The summed E-state index contributed by atoms with van der Waals surface area (Å²) in [7, 11) is 0. The van der Waals surface area contributed by atoms with Crippen molar-refractivity contribution in [3.05, 3.63) is 0 Å². The van der Waals surface area contributed by atoms with E-state index in [1.807, 2.05) is 6.92 Å². The molecule has 5 unspecified atom stereocenters. The summed E-state index contributed by atoms with van der Waals surface area (Å²) in [5.74, 6) is 0.651. The van der Waals surface area contributed by atoms with Crippen molar-refractivity contribution in [2.75, 3.05) is 19.6 Å². The van der Waals surface area contributed by atoms with Crippen LogP contribution in [-0.2, 0) is 9.53 Å². The van der Waals surface area contributed by atoms with Gasteiger partial charge in [0, 0.05) is 19.1 Å². The van der Waals surface area contributed by atoms with Gasteiger partial charge in [-0.1, -0.05) is 13.8 Å². The molecule has 0 bridgehead atoms. The highest BCUT2D eigenvalue weighted by Gasteiger charge is 2.44. The van der Waals surface area contributed by atoms with Crippen LogP contribution in [0.2, 0.25) is 0 Å². The third-order valence-electron chi connectivity index (χ3n) is 4.75. The van der Waals surface area contributed by atoms with Gasteiger partial charge in [-0.15, -0.1) is 0 Å². The average molecular weight is 268 g/mol. The number of nitrogens with one attached hydrogen (secondary N) is 1. The lowest BCUT2D eigenvalue weighted by Gasteiger charge is -2.32. The zero-order valence-corrected chi connectivity index (χ0v) is 12.7. The van der Waals surface area contributed by atoms with Gasteiger partial charge >= 0.3 is 0 Å². The SMILES string of the molecule is CCCN(C(=O)C1C(C)OC(C)C1C)C1CCNC1. The van der Waals surface area contributed by atoms with E-state index in [1.54, 1.807) is 0 Å². The number of hydrogen-bond acceptors (Lipinski definition) is 3. The van der Waals surface area contributed by atoms with Crippen molar-refractivity contribution in [1.82, 2.24) is 10.2 Å². The Labute approximate surface area is 116 Å². The van der Waals surface area contributed by atoms with Crippen molar-refractivity contribution in [2.45, 2.75) is 58.8 Å². The standard InChI is InChI=1S/C15H28N2O2/c1-5-8-17(13-6-7-16-9-13)15(18)14-10(2)11(3)19-12(14)4/h10-14,16H,5-9H2,1-4H3. The molecular formula is C15H28N2O2. The second kappa shape index (κ2) is 6.23. The molecule has 2 aliphatic heterocycles. The Morgan fingerprint density at radius 3 is 2.53 bits per heavy atom. The molecule has 0 radical (unpaired) electrons. The summed E-state index contributed by atoms with van der Waals surface area (Å²) < 4.78 is 5.83. The van der Waals surface area contributed by atoms with Crippen LogP contribution in [0.15, 0.2) is 0 Å². The first-order chi connectivity index (χ1) is 9.06. The van der Waals surface area contributed by atoms with E-state index in [2.05, 4.69) is 31.0 Å². The molecule has 0 aliphatic carbocycles. The molecule has 0 aromatic rings. The molecule has 0 saturated carbocycles. The van der Waals surface area contributed by atoms with E-state index in [-0.39, 0.29) is 18.1 Å². The first-order valence-electron chi connectivity index (χ1n) is 7.72. The highest BCUT2D eigenvalue weighted by molar-refractivity contribution is 5.80. The number of nitrogens with zero attached hydrogens (tertiary/aromatic N) is 1. The van der Waals surface area contributed by atoms with Crippen LogP contribution >= 0.6 is 0 Å². The van der Waals surface area contributed by atoms with Gasteiger partial charge in [0.15, 0.2) is 0 Å². The third-order valence-corrected chi connectivity index (χ3v) is 4.75. The maximum atomic E-state index is 12.9. The average Bonchev–Trinajstić information content (AvgIpc) is 2.96. The summed E-state index contributed by atoms with van der Waals surface area (Å²) >= 11 is 0. The summed E-state index contributed by atoms with van der Waals surface area (Å²) in [5, 5.41) is 3.36. The van der Waals surface area contributed by atoms with E-state index in [1.165, 1.54) is 0 Å². The molecular weight excluding hydrogens is 240 g/mol. The maximum Gasteiger partial charge on any atom is 0.228 e. The molecule has 0 aromatic carbocycles. The summed E-state index contributed by atoms with van der Waals surface area (Å²) in [6.07, 6.45) is 2.34. The largest absolute Gasteiger partial charge is 0.374 e. The van der Waals surface area contributed by atoms with Crippen molar-refractivity contribution in [1.29, 1.82) is 0 Å². The Kier molecular flexibility index (Phi) is 4.85. The molecule has 1 N–H and O–H groups in total. The van der Waals surface area contributed by atoms with E-state index in [0.29, 0.717) is 17.9 Å². The minimum atomic E-state index is 0.0298. The quantitative estimate of drug-likeness (QED) is 0.843. The van der Waals surface area contributed by atoms with E-state index in [4.69, 9.17) is 4.74 Å². The topological polar surface area (TPSA) is 41.6 Å². The number of carbonyl (C=O) groups is 1. The number of amides is 1. The Hall–Kier alpha value is -0.610. The highest BCUT2D eigenvalue weighted by Crippen LogP contribution is 2.34. The lowest BCUT2D eigenvalue weighted by molar-refractivity contribution is -0.140. The van der Waals surface area contributed by atoms with Crippen LogP contribution in [0, 0.1) is 11.8 Å². The van der Waals surface area contributed by atoms with Crippen LogP contribution in [-0.4, -0.2) is 48.7 Å². The lowest BCUT2D eigenvalue weighted by atomic mass is 9.88. The number of rotatable bonds is 4. The summed E-state index contributed by atoms with van der Waals surface area (Å²) in [5.41, 5.74) is 0. The third kappa shape index (κ3) is 2.95. The van der Waals surface area contributed by atoms with Crippen molar-refractivity contribution in [3.63, 3.8) is 0 Å². The van der Waals surface area contributed by atoms with Crippen molar-refractivity contribution < 1.29 is 9.53 Å². The fourth-order valence-electron chi connectivity index (χ4n) is 3.50. The minimum absolute atomic E-state index is 0.0298. The van der Waals surface area contributed by atoms with Crippen LogP contribution in [0.1, 0.15) is 40.5 Å². The Balaban J connectivity index is 2.10. The molecule has 19 heavy (non-hydrogen) atoms. The van der Waals surface area contributed by atoms with Crippen LogP contribution in [0.5, 0.6) is 0 Å². The van der Waals surface area contributed by atoms with Crippen LogP contribution < -0.4 is 5.32 Å². The smallest absolute Gasteiger partial charge is 0.228 e. The monoisotopic (exact) mass is 268 g/mol. The molecule has 110 valence electrons. The second-order valence-electron chi connectivity index (χ2n) is 6.11. The van der Waals surface area contributed by atoms with Gasteiger partial charge in [-0.3, -0.25) is 4.79 Å². The summed E-state index contributed by atoms with van der Waals surface area (Å²) in [6, 6.07) is 0.378. The number of carbonyl (C=O) groups excluding carboxylic acids is 1. The second-order valence-corrected chi connectivity index (χ2v) is 6.11. The fourth-order valence-corrected chi connectivity index (χ4v) is 3.50. The molecule has 2 saturated heterocycles. The molecule has 5 atom stereocenters. The van der Waals surface area contributed by atoms with Gasteiger partial charge < -0.3 is 15.0 Å². The molecule has 2 heterocycles. The first-order valence-corrected chi connectivity index (χ1v) is 7.72. The van der Waals surface area contributed by atoms with Gasteiger partial charge in [-0.05, 0) is 39.2 Å². The Morgan fingerprint density at radius 2 is 2.05 bits per heavy atom. The van der Waals surface area contributed by atoms with Gasteiger partial charge in [0.2, 0.25) is 5.91 Å². The van der Waals surface area contributed by atoms with Crippen molar-refractivity contribution in [3.8, 4) is 0 Å². The van der Waals surface area contributed by atoms with Crippen molar-refractivity contribution in [2.24, 2.45) is 11.8 Å².